The Morgan fingerprint density at radius 1 is 1.50 bits per heavy atom. The lowest BCUT2D eigenvalue weighted by Gasteiger charge is -2.32. The van der Waals surface area contributed by atoms with Crippen LogP contribution in [0.4, 0.5) is 0 Å². The first-order valence-corrected chi connectivity index (χ1v) is 6.96. The monoisotopic (exact) mass is 268 g/mol. The Hall–Kier alpha value is -0.660. The number of nitrogens with zero attached hydrogens (tertiary/aromatic N) is 1. The molecule has 1 fully saturated rings. The Kier molecular flexibility index (Phi) is 4.28. The Balaban J connectivity index is 2.99. The predicted molar refractivity (Wildman–Crippen MR) is 58.4 cm³/mol. The number of halogens is 1. The molecule has 0 radical (unpaired) electrons. The molecule has 1 N–H and O–H groups in total. The maximum Gasteiger partial charge on any atom is 0.245 e. The number of carbonyl (C=O) groups excluding carboxylic acids is 2. The lowest BCUT2D eigenvalue weighted by molar-refractivity contribution is -0.137. The van der Waals surface area contributed by atoms with E-state index in [4.69, 9.17) is 11.6 Å². The first-order valence-electron chi connectivity index (χ1n) is 4.81. The van der Waals surface area contributed by atoms with Gasteiger partial charge in [0, 0.05) is 5.88 Å². The molecule has 1 unspecified atom stereocenters. The van der Waals surface area contributed by atoms with E-state index in [0.717, 1.165) is 4.31 Å². The summed E-state index contributed by atoms with van der Waals surface area (Å²) in [7, 11) is -3.64. The molecule has 8 heteroatoms. The summed E-state index contributed by atoms with van der Waals surface area (Å²) < 4.78 is 24.4. The molecule has 92 valence electrons. The average molecular weight is 269 g/mol. The van der Waals surface area contributed by atoms with Gasteiger partial charge >= 0.3 is 0 Å². The lowest BCUT2D eigenvalue weighted by Crippen LogP contribution is -2.59. The number of hydrogen-bond donors (Lipinski definition) is 1. The lowest BCUT2D eigenvalue weighted by atomic mass is 10.2. The van der Waals surface area contributed by atoms with Crippen molar-refractivity contribution in [3.05, 3.63) is 0 Å². The van der Waals surface area contributed by atoms with Crippen LogP contribution in [0.1, 0.15) is 13.3 Å². The van der Waals surface area contributed by atoms with Crippen LogP contribution in [0.5, 0.6) is 0 Å². The van der Waals surface area contributed by atoms with Crippen LogP contribution in [0, 0.1) is 0 Å². The van der Waals surface area contributed by atoms with Gasteiger partial charge < -0.3 is 0 Å². The standard InChI is InChI=1S/C8H13ClN2O4S/c1-2-6-8(13)10-7(12)5-11(6)16(14,15)4-3-9/h6H,2-5H2,1H3,(H,10,12,13). The minimum atomic E-state index is -3.64. The third kappa shape index (κ3) is 2.72. The predicted octanol–water partition coefficient (Wildman–Crippen LogP) is -0.708. The van der Waals surface area contributed by atoms with Gasteiger partial charge in [-0.1, -0.05) is 6.92 Å². The van der Waals surface area contributed by atoms with Crippen LogP contribution in [-0.4, -0.2) is 48.8 Å². The number of rotatable bonds is 4. The fourth-order valence-corrected chi connectivity index (χ4v) is 3.50. The van der Waals surface area contributed by atoms with Gasteiger partial charge in [0.2, 0.25) is 21.8 Å². The Morgan fingerprint density at radius 3 is 2.62 bits per heavy atom. The molecular formula is C8H13ClN2O4S. The molecule has 0 spiro atoms. The van der Waals surface area contributed by atoms with Crippen LogP contribution in [0.15, 0.2) is 0 Å². The maximum absolute atomic E-state index is 11.8. The van der Waals surface area contributed by atoms with Crippen LogP contribution >= 0.6 is 11.6 Å². The van der Waals surface area contributed by atoms with E-state index >= 15 is 0 Å². The molecule has 1 atom stereocenters. The van der Waals surface area contributed by atoms with Crippen molar-refractivity contribution in [2.24, 2.45) is 0 Å². The van der Waals surface area contributed by atoms with Gasteiger partial charge in [-0.3, -0.25) is 14.9 Å². The highest BCUT2D eigenvalue weighted by atomic mass is 35.5. The number of hydrogen-bond acceptors (Lipinski definition) is 4. The highest BCUT2D eigenvalue weighted by Crippen LogP contribution is 2.14. The van der Waals surface area contributed by atoms with Crippen LogP contribution < -0.4 is 5.32 Å². The fraction of sp³-hybridized carbons (Fsp3) is 0.750. The molecule has 0 bridgehead atoms. The molecule has 0 aliphatic carbocycles. The molecular weight excluding hydrogens is 256 g/mol. The van der Waals surface area contributed by atoms with Crippen molar-refractivity contribution in [1.82, 2.24) is 9.62 Å². The number of imide groups is 1. The van der Waals surface area contributed by atoms with E-state index in [0.29, 0.717) is 6.42 Å². The molecule has 1 saturated heterocycles. The van der Waals surface area contributed by atoms with Gasteiger partial charge in [0.15, 0.2) is 0 Å². The molecule has 1 rings (SSSR count). The molecule has 1 aliphatic rings. The van der Waals surface area contributed by atoms with Gasteiger partial charge in [0.25, 0.3) is 0 Å². The van der Waals surface area contributed by atoms with Crippen molar-refractivity contribution >= 4 is 33.4 Å². The average Bonchev–Trinajstić information content (AvgIpc) is 2.16. The number of carbonyl (C=O) groups is 2. The summed E-state index contributed by atoms with van der Waals surface area (Å²) in [6.07, 6.45) is 0.320. The van der Waals surface area contributed by atoms with E-state index in [9.17, 15) is 18.0 Å². The molecule has 0 aromatic rings. The van der Waals surface area contributed by atoms with E-state index in [-0.39, 0.29) is 18.2 Å². The summed E-state index contributed by atoms with van der Waals surface area (Å²) in [5.74, 6) is -1.51. The van der Waals surface area contributed by atoms with Crippen molar-refractivity contribution in [3.8, 4) is 0 Å². The first kappa shape index (κ1) is 13.4. The van der Waals surface area contributed by atoms with E-state index in [1.54, 1.807) is 6.92 Å². The number of amides is 2. The fourth-order valence-electron chi connectivity index (χ4n) is 1.54. The molecule has 6 nitrogen and oxygen atoms in total. The molecule has 1 aliphatic heterocycles. The zero-order chi connectivity index (χ0) is 12.3. The number of piperazine rings is 1. The number of nitrogens with one attached hydrogen (secondary N) is 1. The van der Waals surface area contributed by atoms with E-state index in [1.165, 1.54) is 0 Å². The minimum Gasteiger partial charge on any atom is -0.294 e. The largest absolute Gasteiger partial charge is 0.294 e. The molecule has 0 saturated carbocycles. The van der Waals surface area contributed by atoms with Gasteiger partial charge in [-0.25, -0.2) is 8.42 Å². The van der Waals surface area contributed by atoms with Crippen molar-refractivity contribution in [1.29, 1.82) is 0 Å². The van der Waals surface area contributed by atoms with Crippen molar-refractivity contribution in [2.45, 2.75) is 19.4 Å². The normalized spacial score (nSPS) is 23.2. The Bertz CT molecular complexity index is 395. The smallest absolute Gasteiger partial charge is 0.245 e. The van der Waals surface area contributed by atoms with Crippen molar-refractivity contribution in [2.75, 3.05) is 18.2 Å². The summed E-state index contributed by atoms with van der Waals surface area (Å²) in [6.45, 7) is 1.37. The zero-order valence-corrected chi connectivity index (χ0v) is 10.3. The van der Waals surface area contributed by atoms with Crippen molar-refractivity contribution < 1.29 is 18.0 Å². The van der Waals surface area contributed by atoms with Crippen LogP contribution in [0.3, 0.4) is 0 Å². The van der Waals surface area contributed by atoms with Gasteiger partial charge in [-0.2, -0.15) is 4.31 Å². The summed E-state index contributed by atoms with van der Waals surface area (Å²) in [6, 6.07) is -0.814. The third-order valence-electron chi connectivity index (χ3n) is 2.29. The quantitative estimate of drug-likeness (QED) is 0.539. The second-order valence-corrected chi connectivity index (χ2v) is 5.81. The van der Waals surface area contributed by atoms with Gasteiger partial charge in [0.1, 0.15) is 6.04 Å². The summed E-state index contributed by atoms with van der Waals surface area (Å²) >= 11 is 5.38. The maximum atomic E-state index is 11.8. The van der Waals surface area contributed by atoms with Gasteiger partial charge in [-0.15, -0.1) is 11.6 Å². The SMILES string of the molecule is CCC1C(=O)NC(=O)CN1S(=O)(=O)CCCl. The Morgan fingerprint density at radius 2 is 2.12 bits per heavy atom. The zero-order valence-electron chi connectivity index (χ0n) is 8.77. The second-order valence-electron chi connectivity index (χ2n) is 3.39. The van der Waals surface area contributed by atoms with Gasteiger partial charge in [-0.05, 0) is 6.42 Å². The molecule has 1 heterocycles. The topological polar surface area (TPSA) is 83.6 Å². The number of alkyl halides is 1. The summed E-state index contributed by atoms with van der Waals surface area (Å²) in [5.41, 5.74) is 0. The third-order valence-corrected chi connectivity index (χ3v) is 4.52. The minimum absolute atomic E-state index is 0.0644. The highest BCUT2D eigenvalue weighted by molar-refractivity contribution is 7.89. The van der Waals surface area contributed by atoms with Crippen molar-refractivity contribution in [3.63, 3.8) is 0 Å². The summed E-state index contributed by atoms with van der Waals surface area (Å²) in [5, 5.41) is 2.11. The van der Waals surface area contributed by atoms with Crippen LogP contribution in [0.25, 0.3) is 0 Å². The second kappa shape index (κ2) is 5.11. The van der Waals surface area contributed by atoms with Crippen LogP contribution in [0.2, 0.25) is 0 Å². The van der Waals surface area contributed by atoms with E-state index in [1.807, 2.05) is 0 Å². The van der Waals surface area contributed by atoms with Gasteiger partial charge in [0.05, 0.1) is 12.3 Å². The molecule has 0 aromatic heterocycles. The van der Waals surface area contributed by atoms with E-state index in [2.05, 4.69) is 5.32 Å². The number of sulfonamides is 1. The summed E-state index contributed by atoms with van der Waals surface area (Å²) in [4.78, 5) is 22.6. The Labute approximate surface area is 99.0 Å². The molecule has 16 heavy (non-hydrogen) atoms. The molecule has 2 amide bonds. The first-order chi connectivity index (χ1) is 7.42. The van der Waals surface area contributed by atoms with E-state index < -0.39 is 27.9 Å². The van der Waals surface area contributed by atoms with Crippen LogP contribution in [-0.2, 0) is 19.6 Å². The highest BCUT2D eigenvalue weighted by Gasteiger charge is 2.39. The molecule has 0 aromatic carbocycles.